The Morgan fingerprint density at radius 3 is 2.74 bits per heavy atom. The molecule has 0 saturated carbocycles. The van der Waals surface area contributed by atoms with Crippen LogP contribution in [0.4, 0.5) is 0 Å². The van der Waals surface area contributed by atoms with Gasteiger partial charge >= 0.3 is 0 Å². The third kappa shape index (κ3) is 2.40. The average molecular weight is 311 g/mol. The van der Waals surface area contributed by atoms with E-state index in [0.29, 0.717) is 6.42 Å². The van der Waals surface area contributed by atoms with Gasteiger partial charge in [-0.05, 0) is 42.9 Å². The van der Waals surface area contributed by atoms with Gasteiger partial charge in [-0.25, -0.2) is 0 Å². The second-order valence-corrected chi connectivity index (χ2v) is 6.96. The molecule has 5 heteroatoms. The van der Waals surface area contributed by atoms with Crippen LogP contribution in [-0.2, 0) is 4.79 Å². The van der Waals surface area contributed by atoms with Crippen LogP contribution >= 0.6 is 0 Å². The van der Waals surface area contributed by atoms with Crippen LogP contribution in [0.1, 0.15) is 35.2 Å². The molecule has 0 aliphatic carbocycles. The minimum absolute atomic E-state index is 0.0793. The molecule has 2 aliphatic rings. The summed E-state index contributed by atoms with van der Waals surface area (Å²) in [4.78, 5) is 26.2. The summed E-state index contributed by atoms with van der Waals surface area (Å²) < 4.78 is 2.01. The second kappa shape index (κ2) is 5.11. The van der Waals surface area contributed by atoms with E-state index in [-0.39, 0.29) is 17.2 Å². The number of amides is 2. The number of likely N-dealkylation sites (tertiary alicyclic amines) is 1. The third-order valence-electron chi connectivity index (χ3n) is 5.40. The maximum Gasteiger partial charge on any atom is 0.255 e. The summed E-state index contributed by atoms with van der Waals surface area (Å²) in [6, 6.07) is 6.02. The van der Waals surface area contributed by atoms with Crippen molar-refractivity contribution in [3.8, 4) is 0 Å². The number of nitrogens with zero attached hydrogens (tertiary/aromatic N) is 2. The van der Waals surface area contributed by atoms with E-state index < -0.39 is 0 Å². The summed E-state index contributed by atoms with van der Waals surface area (Å²) in [6.45, 7) is 4.29. The van der Waals surface area contributed by atoms with E-state index in [2.05, 4.69) is 18.3 Å². The Balaban J connectivity index is 1.51. The zero-order valence-electron chi connectivity index (χ0n) is 13.3. The fourth-order valence-electron chi connectivity index (χ4n) is 3.87. The predicted octanol–water partition coefficient (Wildman–Crippen LogP) is 1.99. The molecule has 0 unspecified atom stereocenters. The number of aromatic nitrogens is 1. The molecule has 0 atom stereocenters. The SMILES string of the molecule is Cc1cccn2cc(C(=O)N3CCC4(CC3)CNC(=O)C4)cc12. The van der Waals surface area contributed by atoms with Crippen LogP contribution in [0, 0.1) is 12.3 Å². The van der Waals surface area contributed by atoms with E-state index in [1.54, 1.807) is 0 Å². The number of hydrogen-bond donors (Lipinski definition) is 1. The first-order valence-electron chi connectivity index (χ1n) is 8.20. The number of fused-ring (bicyclic) bond motifs is 1. The molecule has 23 heavy (non-hydrogen) atoms. The third-order valence-corrected chi connectivity index (χ3v) is 5.40. The molecule has 2 aromatic rings. The normalized spacial score (nSPS) is 20.2. The molecule has 0 bridgehead atoms. The van der Waals surface area contributed by atoms with Gasteiger partial charge in [0.05, 0.1) is 5.56 Å². The number of rotatable bonds is 1. The summed E-state index contributed by atoms with van der Waals surface area (Å²) in [5.41, 5.74) is 3.07. The molecule has 1 spiro atoms. The van der Waals surface area contributed by atoms with Crippen LogP contribution in [0.25, 0.3) is 5.52 Å². The molecule has 1 N–H and O–H groups in total. The second-order valence-electron chi connectivity index (χ2n) is 6.96. The molecule has 2 aromatic heterocycles. The standard InChI is InChI=1S/C18H21N3O2/c1-13-3-2-6-21-11-14(9-15(13)21)17(23)20-7-4-18(5-8-20)10-16(22)19-12-18/h2-3,6,9,11H,4-5,7-8,10,12H2,1H3,(H,19,22). The minimum atomic E-state index is 0.0793. The molecule has 2 amide bonds. The van der Waals surface area contributed by atoms with Crippen molar-refractivity contribution in [2.75, 3.05) is 19.6 Å². The van der Waals surface area contributed by atoms with Crippen molar-refractivity contribution in [1.82, 2.24) is 14.6 Å². The highest BCUT2D eigenvalue weighted by Gasteiger charge is 2.41. The Kier molecular flexibility index (Phi) is 3.18. The Morgan fingerprint density at radius 2 is 2.09 bits per heavy atom. The molecule has 2 aliphatic heterocycles. The minimum Gasteiger partial charge on any atom is -0.356 e. The lowest BCUT2D eigenvalue weighted by atomic mass is 9.77. The summed E-state index contributed by atoms with van der Waals surface area (Å²) in [5, 5.41) is 2.93. The lowest BCUT2D eigenvalue weighted by Gasteiger charge is -2.38. The van der Waals surface area contributed by atoms with E-state index in [4.69, 9.17) is 0 Å². The van der Waals surface area contributed by atoms with Crippen molar-refractivity contribution in [2.24, 2.45) is 5.41 Å². The fourth-order valence-corrected chi connectivity index (χ4v) is 3.87. The molecule has 0 radical (unpaired) electrons. The zero-order chi connectivity index (χ0) is 16.0. The van der Waals surface area contributed by atoms with Gasteiger partial charge in [-0.3, -0.25) is 9.59 Å². The number of carbonyl (C=O) groups is 2. The van der Waals surface area contributed by atoms with Gasteiger partial charge < -0.3 is 14.6 Å². The van der Waals surface area contributed by atoms with E-state index >= 15 is 0 Å². The van der Waals surface area contributed by atoms with Crippen molar-refractivity contribution in [2.45, 2.75) is 26.2 Å². The highest BCUT2D eigenvalue weighted by atomic mass is 16.2. The van der Waals surface area contributed by atoms with Crippen molar-refractivity contribution >= 4 is 17.3 Å². The first-order chi connectivity index (χ1) is 11.1. The van der Waals surface area contributed by atoms with Crippen molar-refractivity contribution in [3.05, 3.63) is 41.7 Å². The van der Waals surface area contributed by atoms with Gasteiger partial charge in [0.1, 0.15) is 0 Å². The van der Waals surface area contributed by atoms with Gasteiger partial charge in [0.15, 0.2) is 0 Å². The predicted molar refractivity (Wildman–Crippen MR) is 87.3 cm³/mol. The number of carbonyl (C=O) groups excluding carboxylic acids is 2. The molecule has 5 nitrogen and oxygen atoms in total. The van der Waals surface area contributed by atoms with Crippen molar-refractivity contribution in [3.63, 3.8) is 0 Å². The highest BCUT2D eigenvalue weighted by Crippen LogP contribution is 2.37. The largest absolute Gasteiger partial charge is 0.356 e. The highest BCUT2D eigenvalue weighted by molar-refractivity contribution is 5.96. The summed E-state index contributed by atoms with van der Waals surface area (Å²) in [7, 11) is 0. The van der Waals surface area contributed by atoms with E-state index in [1.807, 2.05) is 33.8 Å². The Morgan fingerprint density at radius 1 is 1.30 bits per heavy atom. The molecule has 4 heterocycles. The zero-order valence-corrected chi connectivity index (χ0v) is 13.3. The molecule has 4 rings (SSSR count). The van der Waals surface area contributed by atoms with E-state index in [0.717, 1.165) is 43.6 Å². The maximum absolute atomic E-state index is 12.8. The summed E-state index contributed by atoms with van der Waals surface area (Å²) in [6.07, 6.45) is 6.31. The lowest BCUT2D eigenvalue weighted by Crippen LogP contribution is -2.43. The Hall–Kier alpha value is -2.30. The molecular weight excluding hydrogens is 290 g/mol. The van der Waals surface area contributed by atoms with Crippen LogP contribution in [0.3, 0.4) is 0 Å². The Bertz CT molecular complexity index is 785. The lowest BCUT2D eigenvalue weighted by molar-refractivity contribution is -0.119. The van der Waals surface area contributed by atoms with Gasteiger partial charge in [0.2, 0.25) is 5.91 Å². The Labute approximate surface area is 135 Å². The molecular formula is C18H21N3O2. The topological polar surface area (TPSA) is 53.8 Å². The number of aryl methyl sites for hydroxylation is 1. The number of pyridine rings is 1. The smallest absolute Gasteiger partial charge is 0.255 e. The average Bonchev–Trinajstić information content (AvgIpc) is 3.13. The fraction of sp³-hybridized carbons (Fsp3) is 0.444. The molecule has 0 aromatic carbocycles. The number of nitrogens with one attached hydrogen (secondary N) is 1. The van der Waals surface area contributed by atoms with Gasteiger partial charge in [0.25, 0.3) is 5.91 Å². The number of hydrogen-bond acceptors (Lipinski definition) is 2. The monoisotopic (exact) mass is 311 g/mol. The summed E-state index contributed by atoms with van der Waals surface area (Å²) >= 11 is 0. The van der Waals surface area contributed by atoms with Gasteiger partial charge in [-0.15, -0.1) is 0 Å². The van der Waals surface area contributed by atoms with Crippen LogP contribution < -0.4 is 5.32 Å². The molecule has 120 valence electrons. The molecule has 2 saturated heterocycles. The summed E-state index contributed by atoms with van der Waals surface area (Å²) in [5.74, 6) is 0.249. The van der Waals surface area contributed by atoms with Crippen LogP contribution in [0.15, 0.2) is 30.6 Å². The first-order valence-corrected chi connectivity index (χ1v) is 8.20. The van der Waals surface area contributed by atoms with E-state index in [9.17, 15) is 9.59 Å². The maximum atomic E-state index is 12.8. The van der Waals surface area contributed by atoms with Crippen molar-refractivity contribution in [1.29, 1.82) is 0 Å². The number of piperidine rings is 1. The van der Waals surface area contributed by atoms with Crippen LogP contribution in [-0.4, -0.2) is 40.7 Å². The quantitative estimate of drug-likeness (QED) is 0.875. The first kappa shape index (κ1) is 14.3. The van der Waals surface area contributed by atoms with Gasteiger partial charge in [-0.1, -0.05) is 6.07 Å². The molecule has 2 fully saturated rings. The van der Waals surface area contributed by atoms with E-state index in [1.165, 1.54) is 5.56 Å². The van der Waals surface area contributed by atoms with Crippen molar-refractivity contribution < 1.29 is 9.59 Å². The van der Waals surface area contributed by atoms with Crippen LogP contribution in [0.2, 0.25) is 0 Å². The van der Waals surface area contributed by atoms with Gasteiger partial charge in [0, 0.05) is 44.0 Å². The van der Waals surface area contributed by atoms with Gasteiger partial charge in [-0.2, -0.15) is 0 Å². The van der Waals surface area contributed by atoms with Crippen LogP contribution in [0.5, 0.6) is 0 Å².